The Kier molecular flexibility index (Phi) is 6.54. The third-order valence-corrected chi connectivity index (χ3v) is 3.87. The van der Waals surface area contributed by atoms with Gasteiger partial charge in [0.2, 0.25) is 0 Å². The Labute approximate surface area is 111 Å². The van der Waals surface area contributed by atoms with Crippen LogP contribution in [0.15, 0.2) is 18.2 Å². The quantitative estimate of drug-likeness (QED) is 0.620. The van der Waals surface area contributed by atoms with E-state index in [1.807, 2.05) is 23.9 Å². The summed E-state index contributed by atoms with van der Waals surface area (Å²) in [4.78, 5) is 0. The van der Waals surface area contributed by atoms with Crippen LogP contribution in [-0.4, -0.2) is 17.5 Å². The number of thioether (sulfide) groups is 1. The second kappa shape index (κ2) is 7.41. The minimum Gasteiger partial charge on any atom is -0.271 e. The lowest BCUT2D eigenvalue weighted by atomic mass is 10.1. The summed E-state index contributed by atoms with van der Waals surface area (Å²) in [5.41, 5.74) is 3.89. The van der Waals surface area contributed by atoms with Crippen molar-refractivity contribution in [3.05, 3.63) is 33.8 Å². The second-order valence-electron chi connectivity index (χ2n) is 3.46. The van der Waals surface area contributed by atoms with Crippen LogP contribution < -0.4 is 11.3 Å². The summed E-state index contributed by atoms with van der Waals surface area (Å²) in [7, 11) is 0. The zero-order valence-corrected chi connectivity index (χ0v) is 11.5. The van der Waals surface area contributed by atoms with Gasteiger partial charge in [-0.3, -0.25) is 11.3 Å². The minimum absolute atomic E-state index is 0.239. The number of nitrogens with one attached hydrogen (secondary N) is 1. The van der Waals surface area contributed by atoms with Crippen LogP contribution in [0.5, 0.6) is 0 Å². The molecule has 0 fully saturated rings. The summed E-state index contributed by atoms with van der Waals surface area (Å²) in [5, 5.41) is 1.36. The molecule has 0 aromatic heterocycles. The minimum atomic E-state index is 0.239. The first kappa shape index (κ1) is 14.1. The van der Waals surface area contributed by atoms with E-state index in [0.717, 1.165) is 23.5 Å². The van der Waals surface area contributed by atoms with Crippen LogP contribution in [0, 0.1) is 0 Å². The van der Waals surface area contributed by atoms with Crippen LogP contribution in [0.4, 0.5) is 0 Å². The van der Waals surface area contributed by atoms with Gasteiger partial charge in [-0.15, -0.1) is 0 Å². The van der Waals surface area contributed by atoms with Gasteiger partial charge in [-0.05, 0) is 29.9 Å². The Morgan fingerprint density at radius 3 is 2.75 bits per heavy atom. The molecule has 90 valence electrons. The van der Waals surface area contributed by atoms with Crippen molar-refractivity contribution in [2.24, 2.45) is 5.84 Å². The molecule has 2 nitrogen and oxygen atoms in total. The molecular formula is C11H16Cl2N2S. The highest BCUT2D eigenvalue weighted by Gasteiger charge is 2.10. The molecule has 1 unspecified atom stereocenters. The standard InChI is InChI=1S/C11H16Cl2N2S/c1-2-16-7-10(15-14)5-8-3-4-9(12)6-11(8)13/h3-4,6,10,15H,2,5,7,14H2,1H3. The summed E-state index contributed by atoms with van der Waals surface area (Å²) < 4.78 is 0. The highest BCUT2D eigenvalue weighted by atomic mass is 35.5. The fraction of sp³-hybridized carbons (Fsp3) is 0.455. The van der Waals surface area contributed by atoms with E-state index in [9.17, 15) is 0 Å². The average molecular weight is 279 g/mol. The third kappa shape index (κ3) is 4.52. The monoisotopic (exact) mass is 278 g/mol. The Hall–Kier alpha value is 0.0700. The van der Waals surface area contributed by atoms with Crippen molar-refractivity contribution in [1.82, 2.24) is 5.43 Å². The zero-order valence-electron chi connectivity index (χ0n) is 9.17. The van der Waals surface area contributed by atoms with Gasteiger partial charge in [0.25, 0.3) is 0 Å². The Morgan fingerprint density at radius 2 is 2.19 bits per heavy atom. The van der Waals surface area contributed by atoms with Crippen LogP contribution >= 0.6 is 35.0 Å². The van der Waals surface area contributed by atoms with Gasteiger partial charge in [0, 0.05) is 21.8 Å². The fourth-order valence-electron chi connectivity index (χ4n) is 1.38. The molecule has 0 aliphatic heterocycles. The van der Waals surface area contributed by atoms with E-state index in [2.05, 4.69) is 12.3 Å². The van der Waals surface area contributed by atoms with Crippen LogP contribution in [-0.2, 0) is 6.42 Å². The number of hydrogen-bond donors (Lipinski definition) is 2. The lowest BCUT2D eigenvalue weighted by molar-refractivity contribution is 0.575. The molecule has 0 saturated heterocycles. The van der Waals surface area contributed by atoms with E-state index in [1.165, 1.54) is 0 Å². The number of rotatable bonds is 6. The molecule has 1 atom stereocenters. The molecule has 0 aliphatic carbocycles. The summed E-state index contributed by atoms with van der Waals surface area (Å²) in [6.07, 6.45) is 0.819. The van der Waals surface area contributed by atoms with Crippen molar-refractivity contribution in [2.75, 3.05) is 11.5 Å². The van der Waals surface area contributed by atoms with Crippen LogP contribution in [0.1, 0.15) is 12.5 Å². The van der Waals surface area contributed by atoms with Gasteiger partial charge in [-0.25, -0.2) is 0 Å². The second-order valence-corrected chi connectivity index (χ2v) is 5.63. The molecule has 0 spiro atoms. The first-order chi connectivity index (χ1) is 7.67. The molecule has 0 aliphatic rings. The molecule has 0 radical (unpaired) electrons. The van der Waals surface area contributed by atoms with Gasteiger partial charge in [-0.2, -0.15) is 11.8 Å². The van der Waals surface area contributed by atoms with Gasteiger partial charge in [0.1, 0.15) is 0 Å². The predicted octanol–water partition coefficient (Wildman–Crippen LogP) is 3.12. The van der Waals surface area contributed by atoms with E-state index in [-0.39, 0.29) is 6.04 Å². The van der Waals surface area contributed by atoms with Crippen molar-refractivity contribution in [3.8, 4) is 0 Å². The summed E-state index contributed by atoms with van der Waals surface area (Å²) >= 11 is 13.8. The lowest BCUT2D eigenvalue weighted by Crippen LogP contribution is -2.38. The molecule has 0 amide bonds. The first-order valence-corrected chi connectivity index (χ1v) is 7.06. The predicted molar refractivity (Wildman–Crippen MR) is 74.3 cm³/mol. The first-order valence-electron chi connectivity index (χ1n) is 5.15. The maximum absolute atomic E-state index is 6.10. The highest BCUT2D eigenvalue weighted by molar-refractivity contribution is 7.99. The molecule has 3 N–H and O–H groups in total. The molecule has 0 heterocycles. The molecule has 5 heteroatoms. The number of hydrogen-bond acceptors (Lipinski definition) is 3. The molecule has 1 aromatic rings. The summed E-state index contributed by atoms with van der Waals surface area (Å²) in [5.74, 6) is 7.58. The number of nitrogens with two attached hydrogens (primary N) is 1. The smallest absolute Gasteiger partial charge is 0.0453 e. The average Bonchev–Trinajstić information content (AvgIpc) is 2.27. The number of benzene rings is 1. The third-order valence-electron chi connectivity index (χ3n) is 2.24. The molecule has 16 heavy (non-hydrogen) atoms. The normalized spacial score (nSPS) is 12.8. The van der Waals surface area contributed by atoms with E-state index in [4.69, 9.17) is 29.0 Å². The molecule has 0 bridgehead atoms. The lowest BCUT2D eigenvalue weighted by Gasteiger charge is -2.16. The Bertz CT molecular complexity index is 334. The van der Waals surface area contributed by atoms with E-state index >= 15 is 0 Å². The van der Waals surface area contributed by atoms with E-state index in [1.54, 1.807) is 6.07 Å². The van der Waals surface area contributed by atoms with Crippen LogP contribution in [0.2, 0.25) is 10.0 Å². The van der Waals surface area contributed by atoms with Crippen molar-refractivity contribution >= 4 is 35.0 Å². The maximum atomic E-state index is 6.10. The van der Waals surface area contributed by atoms with Gasteiger partial charge in [0.15, 0.2) is 0 Å². The fourth-order valence-corrected chi connectivity index (χ4v) is 2.60. The SMILES string of the molecule is CCSCC(Cc1ccc(Cl)cc1Cl)NN. The Balaban J connectivity index is 2.62. The largest absolute Gasteiger partial charge is 0.271 e. The van der Waals surface area contributed by atoms with Crippen molar-refractivity contribution in [3.63, 3.8) is 0 Å². The molecule has 0 saturated carbocycles. The molecular weight excluding hydrogens is 263 g/mol. The zero-order chi connectivity index (χ0) is 12.0. The molecule has 1 rings (SSSR count). The van der Waals surface area contributed by atoms with Crippen LogP contribution in [0.3, 0.4) is 0 Å². The van der Waals surface area contributed by atoms with E-state index in [0.29, 0.717) is 10.0 Å². The van der Waals surface area contributed by atoms with Gasteiger partial charge >= 0.3 is 0 Å². The van der Waals surface area contributed by atoms with Crippen molar-refractivity contribution < 1.29 is 0 Å². The summed E-state index contributed by atoms with van der Waals surface area (Å²) in [6.45, 7) is 2.13. The topological polar surface area (TPSA) is 38.0 Å². The van der Waals surface area contributed by atoms with Gasteiger partial charge in [-0.1, -0.05) is 36.2 Å². The van der Waals surface area contributed by atoms with Gasteiger partial charge in [0.05, 0.1) is 0 Å². The maximum Gasteiger partial charge on any atom is 0.0453 e. The van der Waals surface area contributed by atoms with Crippen molar-refractivity contribution in [1.29, 1.82) is 0 Å². The summed E-state index contributed by atoms with van der Waals surface area (Å²) in [6, 6.07) is 5.80. The highest BCUT2D eigenvalue weighted by Crippen LogP contribution is 2.22. The van der Waals surface area contributed by atoms with Crippen LogP contribution in [0.25, 0.3) is 0 Å². The van der Waals surface area contributed by atoms with E-state index < -0.39 is 0 Å². The van der Waals surface area contributed by atoms with Crippen molar-refractivity contribution in [2.45, 2.75) is 19.4 Å². The Morgan fingerprint density at radius 1 is 1.44 bits per heavy atom. The number of hydrazine groups is 1. The number of halogens is 2. The van der Waals surface area contributed by atoms with Gasteiger partial charge < -0.3 is 0 Å². The molecule has 1 aromatic carbocycles.